The van der Waals surface area contributed by atoms with Gasteiger partial charge in [-0.2, -0.15) is 0 Å². The summed E-state index contributed by atoms with van der Waals surface area (Å²) in [6, 6.07) is 0. The van der Waals surface area contributed by atoms with Gasteiger partial charge in [0.1, 0.15) is 0 Å². The van der Waals surface area contributed by atoms with Gasteiger partial charge in [0, 0.05) is 13.2 Å². The molecule has 2 N–H and O–H groups in total. The first-order chi connectivity index (χ1) is 4.15. The lowest BCUT2D eigenvalue weighted by molar-refractivity contribution is 0.162. The molecule has 0 fully saturated rings. The number of primary amides is 1. The highest BCUT2D eigenvalue weighted by Gasteiger charge is 1.64. The molecule has 0 saturated carbocycles. The summed E-state index contributed by atoms with van der Waals surface area (Å²) in [5.41, 5.74) is 4.34. The Morgan fingerprint density at radius 3 is 1.78 bits per heavy atom. The number of thiol groups is 1. The first kappa shape index (κ1) is 11.6. The highest BCUT2D eigenvalue weighted by molar-refractivity contribution is 7.96. The van der Waals surface area contributed by atoms with Crippen molar-refractivity contribution in [2.75, 3.05) is 13.2 Å². The van der Waals surface area contributed by atoms with E-state index in [1.54, 1.807) is 0 Å². The number of rotatable bonds is 2. The molecule has 0 radical (unpaired) electrons. The zero-order chi connectivity index (χ0) is 7.70. The second kappa shape index (κ2) is 10.7. The maximum absolute atomic E-state index is 9.09. The highest BCUT2D eigenvalue weighted by atomic mass is 32.1. The molecule has 0 saturated heterocycles. The van der Waals surface area contributed by atoms with Crippen molar-refractivity contribution < 1.29 is 9.53 Å². The topological polar surface area (TPSA) is 52.3 Å². The Labute approximate surface area is 61.0 Å². The van der Waals surface area contributed by atoms with E-state index < -0.39 is 5.24 Å². The molecule has 0 rings (SSSR count). The van der Waals surface area contributed by atoms with Crippen LogP contribution in [0.3, 0.4) is 0 Å². The molecule has 0 aromatic carbocycles. The third-order valence-electron chi connectivity index (χ3n) is 0.408. The SMILES string of the molecule is CCOCC.NC(=O)S. The number of hydrogen-bond donors (Lipinski definition) is 2. The lowest BCUT2D eigenvalue weighted by atomic mass is 10.8. The van der Waals surface area contributed by atoms with Crippen LogP contribution in [0.1, 0.15) is 13.8 Å². The molecule has 3 nitrogen and oxygen atoms in total. The summed E-state index contributed by atoms with van der Waals surface area (Å²) in [5.74, 6) is 0. The van der Waals surface area contributed by atoms with E-state index in [2.05, 4.69) is 18.4 Å². The van der Waals surface area contributed by atoms with Crippen molar-refractivity contribution in [2.24, 2.45) is 5.73 Å². The second-order valence-electron chi connectivity index (χ2n) is 1.12. The van der Waals surface area contributed by atoms with Crippen LogP contribution < -0.4 is 5.73 Å². The fraction of sp³-hybridized carbons (Fsp3) is 0.800. The van der Waals surface area contributed by atoms with Gasteiger partial charge in [0.25, 0.3) is 5.24 Å². The van der Waals surface area contributed by atoms with Crippen molar-refractivity contribution in [1.82, 2.24) is 0 Å². The molecule has 0 unspecified atom stereocenters. The van der Waals surface area contributed by atoms with Crippen molar-refractivity contribution in [3.8, 4) is 0 Å². The summed E-state index contributed by atoms with van der Waals surface area (Å²) in [6.45, 7) is 5.67. The molecule has 0 aliphatic carbocycles. The first-order valence-corrected chi connectivity index (χ1v) is 3.16. The van der Waals surface area contributed by atoms with Gasteiger partial charge in [-0.1, -0.05) is 12.6 Å². The molecule has 0 heterocycles. The number of carbonyl (C=O) groups excluding carboxylic acids is 1. The highest BCUT2D eigenvalue weighted by Crippen LogP contribution is 1.64. The van der Waals surface area contributed by atoms with Crippen LogP contribution in [0.4, 0.5) is 4.79 Å². The van der Waals surface area contributed by atoms with Crippen LogP contribution in [0, 0.1) is 0 Å². The fourth-order valence-electron chi connectivity index (χ4n) is 0.204. The van der Waals surface area contributed by atoms with Crippen LogP contribution in [0.5, 0.6) is 0 Å². The number of hydrogen-bond acceptors (Lipinski definition) is 2. The lowest BCUT2D eigenvalue weighted by Gasteiger charge is -1.86. The summed E-state index contributed by atoms with van der Waals surface area (Å²) in [5, 5.41) is -0.639. The van der Waals surface area contributed by atoms with Crippen LogP contribution in [0.25, 0.3) is 0 Å². The van der Waals surface area contributed by atoms with Crippen LogP contribution in [0.15, 0.2) is 0 Å². The van der Waals surface area contributed by atoms with E-state index in [0.29, 0.717) is 0 Å². The van der Waals surface area contributed by atoms with E-state index in [0.717, 1.165) is 13.2 Å². The number of carbonyl (C=O) groups is 1. The Balaban J connectivity index is 0. The van der Waals surface area contributed by atoms with Gasteiger partial charge < -0.3 is 10.5 Å². The smallest absolute Gasteiger partial charge is 0.273 e. The Morgan fingerprint density at radius 2 is 1.78 bits per heavy atom. The Morgan fingerprint density at radius 1 is 1.56 bits per heavy atom. The minimum absolute atomic E-state index is 0.639. The van der Waals surface area contributed by atoms with Gasteiger partial charge in [-0.3, -0.25) is 4.79 Å². The zero-order valence-electron chi connectivity index (χ0n) is 5.76. The first-order valence-electron chi connectivity index (χ1n) is 2.71. The number of ether oxygens (including phenoxy) is 1. The summed E-state index contributed by atoms with van der Waals surface area (Å²) >= 11 is 3.10. The van der Waals surface area contributed by atoms with Gasteiger partial charge in [0.2, 0.25) is 0 Å². The van der Waals surface area contributed by atoms with Crippen molar-refractivity contribution in [3.05, 3.63) is 0 Å². The quantitative estimate of drug-likeness (QED) is 0.579. The minimum Gasteiger partial charge on any atom is -0.382 e. The Hall–Kier alpha value is -0.220. The van der Waals surface area contributed by atoms with E-state index in [1.165, 1.54) is 0 Å². The third kappa shape index (κ3) is 82.0. The lowest BCUT2D eigenvalue weighted by Crippen LogP contribution is -1.95. The summed E-state index contributed by atoms with van der Waals surface area (Å²) in [6.07, 6.45) is 0. The molecule has 0 spiro atoms. The van der Waals surface area contributed by atoms with Crippen LogP contribution in [0.2, 0.25) is 0 Å². The van der Waals surface area contributed by atoms with Crippen molar-refractivity contribution in [1.29, 1.82) is 0 Å². The molecule has 0 aromatic heterocycles. The molecule has 0 bridgehead atoms. The fourth-order valence-corrected chi connectivity index (χ4v) is 0.204. The molecule has 0 atom stereocenters. The molecule has 56 valence electrons. The van der Waals surface area contributed by atoms with Gasteiger partial charge in [0.15, 0.2) is 0 Å². The van der Waals surface area contributed by atoms with Crippen molar-refractivity contribution >= 4 is 17.9 Å². The molecule has 0 aliphatic heterocycles. The second-order valence-corrected chi connectivity index (χ2v) is 1.56. The van der Waals surface area contributed by atoms with Gasteiger partial charge in [-0.25, -0.2) is 0 Å². The molecule has 0 aliphatic rings. The predicted molar refractivity (Wildman–Crippen MR) is 40.7 cm³/mol. The van der Waals surface area contributed by atoms with Crippen molar-refractivity contribution in [2.45, 2.75) is 13.8 Å². The average molecular weight is 151 g/mol. The van der Waals surface area contributed by atoms with E-state index in [-0.39, 0.29) is 0 Å². The van der Waals surface area contributed by atoms with E-state index in [4.69, 9.17) is 9.53 Å². The van der Waals surface area contributed by atoms with Crippen LogP contribution in [-0.2, 0) is 4.74 Å². The predicted octanol–water partition coefficient (Wildman–Crippen LogP) is 1.04. The maximum atomic E-state index is 9.09. The van der Waals surface area contributed by atoms with E-state index >= 15 is 0 Å². The van der Waals surface area contributed by atoms with Crippen molar-refractivity contribution in [3.63, 3.8) is 0 Å². The number of amides is 1. The molecule has 1 amide bonds. The van der Waals surface area contributed by atoms with Gasteiger partial charge in [-0.05, 0) is 13.8 Å². The standard InChI is InChI=1S/C4H10O.CH3NOS/c1-3-5-4-2;2-1(3)4/h3-4H2,1-2H3;(H3,2,3,4). The molecular formula is C5H13NO2S. The van der Waals surface area contributed by atoms with Crippen LogP contribution >= 0.6 is 12.6 Å². The zero-order valence-corrected chi connectivity index (χ0v) is 6.65. The van der Waals surface area contributed by atoms with Gasteiger partial charge in [-0.15, -0.1) is 0 Å². The average Bonchev–Trinajstić information content (AvgIpc) is 1.66. The summed E-state index contributed by atoms with van der Waals surface area (Å²) < 4.78 is 4.83. The monoisotopic (exact) mass is 151 g/mol. The Bertz CT molecular complexity index is 62.0. The van der Waals surface area contributed by atoms with Gasteiger partial charge >= 0.3 is 0 Å². The number of nitrogens with two attached hydrogens (primary N) is 1. The molecule has 0 aromatic rings. The normalized spacial score (nSPS) is 7.44. The van der Waals surface area contributed by atoms with Crippen LogP contribution in [-0.4, -0.2) is 18.5 Å². The van der Waals surface area contributed by atoms with Gasteiger partial charge in [0.05, 0.1) is 0 Å². The summed E-state index contributed by atoms with van der Waals surface area (Å²) in [7, 11) is 0. The third-order valence-corrected chi connectivity index (χ3v) is 0.408. The Kier molecular flexibility index (Phi) is 13.8. The molecule has 9 heavy (non-hydrogen) atoms. The largest absolute Gasteiger partial charge is 0.382 e. The molecular weight excluding hydrogens is 138 g/mol. The molecule has 4 heteroatoms. The van der Waals surface area contributed by atoms with E-state index in [1.807, 2.05) is 13.8 Å². The van der Waals surface area contributed by atoms with E-state index in [9.17, 15) is 0 Å². The minimum atomic E-state index is -0.639. The summed E-state index contributed by atoms with van der Waals surface area (Å²) in [4.78, 5) is 9.09. The maximum Gasteiger partial charge on any atom is 0.273 e.